The lowest BCUT2D eigenvalue weighted by molar-refractivity contribution is 0.0264. The fraction of sp³-hybridized carbons (Fsp3) is 0.418. The topological polar surface area (TPSA) is 154 Å². The van der Waals surface area contributed by atoms with Crippen LogP contribution in [-0.4, -0.2) is 125 Å². The molecule has 9 rings (SSSR count). The Kier molecular flexibility index (Phi) is 16.1. The average molecular weight is 972 g/mol. The lowest BCUT2D eigenvalue weighted by atomic mass is 10.1. The summed E-state index contributed by atoms with van der Waals surface area (Å²) in [6.07, 6.45) is 3.20. The highest BCUT2D eigenvalue weighted by Crippen LogP contribution is 2.42. The van der Waals surface area contributed by atoms with Crippen LogP contribution in [-0.2, 0) is 49.7 Å². The number of hydrogen-bond donors (Lipinski definition) is 2. The molecule has 1 saturated heterocycles. The Bertz CT molecular complexity index is 2660. The van der Waals surface area contributed by atoms with E-state index < -0.39 is 0 Å². The van der Waals surface area contributed by atoms with Crippen molar-refractivity contribution in [1.29, 1.82) is 0 Å². The van der Waals surface area contributed by atoms with Crippen LogP contribution in [0.2, 0.25) is 0 Å². The second-order valence-electron chi connectivity index (χ2n) is 17.9. The molecule has 71 heavy (non-hydrogen) atoms. The molecule has 5 aromatic carbocycles. The van der Waals surface area contributed by atoms with E-state index in [0.29, 0.717) is 98.2 Å². The van der Waals surface area contributed by atoms with E-state index in [9.17, 15) is 9.59 Å². The van der Waals surface area contributed by atoms with E-state index in [1.165, 1.54) is 0 Å². The largest absolute Gasteiger partial charge is 0.493 e. The van der Waals surface area contributed by atoms with E-state index in [0.717, 1.165) is 71.5 Å². The predicted octanol–water partition coefficient (Wildman–Crippen LogP) is 7.74. The number of ether oxygens (including phenoxy) is 9. The normalized spacial score (nSPS) is 17.4. The van der Waals surface area contributed by atoms with Gasteiger partial charge >= 0.3 is 0 Å². The molecule has 5 aromatic rings. The Balaban J connectivity index is 0.979. The van der Waals surface area contributed by atoms with Gasteiger partial charge in [0, 0.05) is 76.6 Å². The van der Waals surface area contributed by atoms with Crippen LogP contribution >= 0.6 is 0 Å². The number of methoxy groups -OCH3 is 4. The minimum Gasteiger partial charge on any atom is -0.493 e. The van der Waals surface area contributed by atoms with Crippen molar-refractivity contribution < 1.29 is 52.2 Å². The van der Waals surface area contributed by atoms with Crippen molar-refractivity contribution >= 4 is 40.3 Å². The fourth-order valence-corrected chi connectivity index (χ4v) is 9.77. The minimum absolute atomic E-state index is 0.00912. The highest BCUT2D eigenvalue weighted by molar-refractivity contribution is 6.12. The molecule has 16 heteroatoms. The Morgan fingerprint density at radius 2 is 1.46 bits per heavy atom. The van der Waals surface area contributed by atoms with Gasteiger partial charge in [0.05, 0.1) is 75.8 Å². The number of anilines is 5. The molecule has 376 valence electrons. The molecule has 0 spiro atoms. The van der Waals surface area contributed by atoms with Crippen LogP contribution in [0.3, 0.4) is 0 Å². The summed E-state index contributed by atoms with van der Waals surface area (Å²) < 4.78 is 52.9. The third-order valence-electron chi connectivity index (χ3n) is 13.5. The quantitative estimate of drug-likeness (QED) is 0.0433. The maximum absolute atomic E-state index is 14.2. The second-order valence-corrected chi connectivity index (χ2v) is 17.9. The van der Waals surface area contributed by atoms with Gasteiger partial charge in [-0.1, -0.05) is 36.4 Å². The van der Waals surface area contributed by atoms with Crippen LogP contribution in [0.25, 0.3) is 0 Å². The Morgan fingerprint density at radius 3 is 2.18 bits per heavy atom. The summed E-state index contributed by atoms with van der Waals surface area (Å²) in [5.74, 6) is 1.68. The monoisotopic (exact) mass is 971 g/mol. The summed E-state index contributed by atoms with van der Waals surface area (Å²) in [6.45, 7) is 5.33. The summed E-state index contributed by atoms with van der Waals surface area (Å²) >= 11 is 0. The van der Waals surface area contributed by atoms with Gasteiger partial charge in [-0.05, 0) is 90.4 Å². The molecule has 2 N–H and O–H groups in total. The number of rotatable bonds is 25. The molecule has 4 aliphatic rings. The number of carbonyl (C=O) groups is 2. The van der Waals surface area contributed by atoms with Gasteiger partial charge in [0.15, 0.2) is 29.3 Å². The van der Waals surface area contributed by atoms with Crippen molar-refractivity contribution in [1.82, 2.24) is 0 Å². The first-order valence-electron chi connectivity index (χ1n) is 24.4. The van der Waals surface area contributed by atoms with Gasteiger partial charge in [-0.3, -0.25) is 9.59 Å². The molecular formula is C55H65N5O11. The van der Waals surface area contributed by atoms with Crippen molar-refractivity contribution in [2.24, 2.45) is 0 Å². The number of fused-ring (bicyclic) bond motifs is 5. The number of benzene rings is 5. The molecule has 0 radical (unpaired) electrons. The van der Waals surface area contributed by atoms with Crippen LogP contribution in [0.4, 0.5) is 28.4 Å². The van der Waals surface area contributed by atoms with Crippen molar-refractivity contribution in [3.05, 3.63) is 124 Å². The Labute approximate surface area is 415 Å². The van der Waals surface area contributed by atoms with Gasteiger partial charge in [-0.15, -0.1) is 0 Å². The summed E-state index contributed by atoms with van der Waals surface area (Å²) in [7, 11) is 8.28. The van der Waals surface area contributed by atoms with Gasteiger partial charge in [-0.25, -0.2) is 0 Å². The minimum atomic E-state index is -0.161. The zero-order valence-corrected chi connectivity index (χ0v) is 41.3. The first-order valence-corrected chi connectivity index (χ1v) is 24.4. The lowest BCUT2D eigenvalue weighted by Crippen LogP contribution is -2.39. The highest BCUT2D eigenvalue weighted by atomic mass is 16.8. The van der Waals surface area contributed by atoms with E-state index >= 15 is 0 Å². The molecule has 2 amide bonds. The highest BCUT2D eigenvalue weighted by Gasteiger charge is 2.39. The molecule has 0 bridgehead atoms. The van der Waals surface area contributed by atoms with Crippen molar-refractivity contribution in [3.8, 4) is 23.0 Å². The fourth-order valence-electron chi connectivity index (χ4n) is 9.77. The van der Waals surface area contributed by atoms with Crippen LogP contribution in [0.1, 0.15) is 55.8 Å². The van der Waals surface area contributed by atoms with E-state index in [4.69, 9.17) is 42.6 Å². The molecule has 0 aliphatic carbocycles. The smallest absolute Gasteiger partial charge is 0.260 e. The average Bonchev–Trinajstić information content (AvgIpc) is 3.90. The van der Waals surface area contributed by atoms with Gasteiger partial charge in [0.25, 0.3) is 11.8 Å². The standard InChI is InChI=1S/C55H65N5O11/c1-56-44-31-51(49(64-3)29-42(44)53(61)59-18-16-38-11-6-8-13-46(38)59)69-34-36-25-37(27-40(26-36)58(17-10-15-48-55(66-5)71-48)19-20-67-23-24-68-22-21-63-2)35-70-52-32-45-43(30-50(52)65-4)54(62)60-41(33-57-45)28-39-12-7-9-14-47(39)60/h6-9,11-14,25-27,29-32,41,48,55-57H,10,15-24,28,33-35H2,1-5H3/t41-,48?,55?/m0/s1. The molecule has 3 atom stereocenters. The number of carbonyl (C=O) groups excluding carboxylic acids is 2. The number of nitrogens with one attached hydrogen (secondary N) is 2. The summed E-state index contributed by atoms with van der Waals surface area (Å²) in [5, 5.41) is 6.77. The number of para-hydroxylation sites is 2. The maximum atomic E-state index is 14.2. The molecule has 4 heterocycles. The number of amides is 2. The number of nitrogens with zero attached hydrogens (tertiary/aromatic N) is 3. The zero-order valence-electron chi connectivity index (χ0n) is 41.3. The van der Waals surface area contributed by atoms with Gasteiger partial charge in [0.1, 0.15) is 19.3 Å². The molecule has 0 aromatic heterocycles. The van der Waals surface area contributed by atoms with Gasteiger partial charge in [-0.2, -0.15) is 0 Å². The lowest BCUT2D eigenvalue weighted by Gasteiger charge is -2.26. The third kappa shape index (κ3) is 11.3. The van der Waals surface area contributed by atoms with E-state index in [1.54, 1.807) is 47.6 Å². The van der Waals surface area contributed by atoms with Gasteiger partial charge < -0.3 is 68.0 Å². The van der Waals surface area contributed by atoms with Crippen molar-refractivity contribution in [2.75, 3.05) is 120 Å². The first-order chi connectivity index (χ1) is 34.8. The first kappa shape index (κ1) is 49.4. The summed E-state index contributed by atoms with van der Waals surface area (Å²) in [5.41, 5.74) is 9.24. The zero-order chi connectivity index (χ0) is 49.3. The van der Waals surface area contributed by atoms with Crippen LogP contribution < -0.4 is 44.3 Å². The maximum Gasteiger partial charge on any atom is 0.260 e. The van der Waals surface area contributed by atoms with Crippen molar-refractivity contribution in [3.63, 3.8) is 0 Å². The SMILES string of the molecule is CNc1cc(OCc2cc(COc3cc4c(cc3OC)C(=O)N3c5ccccc5C[C@H]3CN4)cc(N(CCCC3OC3OC)CCOCCOCCOC)c2)c(OC)cc1C(=O)N1CCc2ccccc21. The van der Waals surface area contributed by atoms with E-state index in [1.807, 2.05) is 58.3 Å². The summed E-state index contributed by atoms with van der Waals surface area (Å²) in [6, 6.07) is 29.6. The van der Waals surface area contributed by atoms with E-state index in [2.05, 4.69) is 45.9 Å². The molecule has 0 saturated carbocycles. The Hall–Kier alpha value is -6.56. The van der Waals surface area contributed by atoms with Crippen LogP contribution in [0.5, 0.6) is 23.0 Å². The van der Waals surface area contributed by atoms with Crippen molar-refractivity contribution in [2.45, 2.75) is 57.3 Å². The van der Waals surface area contributed by atoms with E-state index in [-0.39, 0.29) is 43.5 Å². The molecule has 2 unspecified atom stereocenters. The molecular weight excluding hydrogens is 907 g/mol. The molecule has 4 aliphatic heterocycles. The Morgan fingerprint density at radius 1 is 0.775 bits per heavy atom. The molecule has 1 fully saturated rings. The number of hydrogen-bond acceptors (Lipinski definition) is 14. The summed E-state index contributed by atoms with van der Waals surface area (Å²) in [4.78, 5) is 34.3. The van der Waals surface area contributed by atoms with Gasteiger partial charge in [0.2, 0.25) is 0 Å². The number of epoxide rings is 1. The van der Waals surface area contributed by atoms with Crippen LogP contribution in [0.15, 0.2) is 91.0 Å². The predicted molar refractivity (Wildman–Crippen MR) is 272 cm³/mol. The van der Waals surface area contributed by atoms with Crippen LogP contribution in [0, 0.1) is 0 Å². The third-order valence-corrected chi connectivity index (χ3v) is 13.5. The second kappa shape index (κ2) is 23.1. The molecule has 16 nitrogen and oxygen atoms in total.